The van der Waals surface area contributed by atoms with Crippen LogP contribution in [0.25, 0.3) is 11.3 Å². The third-order valence-electron chi connectivity index (χ3n) is 4.50. The first-order chi connectivity index (χ1) is 14.7. The van der Waals surface area contributed by atoms with Crippen molar-refractivity contribution < 1.29 is 9.90 Å². The van der Waals surface area contributed by atoms with Crippen LogP contribution in [0, 0.1) is 5.41 Å². The second kappa shape index (κ2) is 9.21. The number of phenolic OH excluding ortho intramolecular Hbond substituents is 1. The van der Waals surface area contributed by atoms with E-state index >= 15 is 0 Å². The number of nitrogens with one attached hydrogen (secondary N) is 3. The highest BCUT2D eigenvalue weighted by Gasteiger charge is 2.15. The molecule has 162 valence electrons. The van der Waals surface area contributed by atoms with Gasteiger partial charge in [-0.25, -0.2) is 0 Å². The van der Waals surface area contributed by atoms with Gasteiger partial charge in [-0.15, -0.1) is 0 Å². The van der Waals surface area contributed by atoms with Gasteiger partial charge < -0.3 is 27.2 Å². The monoisotopic (exact) mass is 421 g/mol. The molecule has 1 heterocycles. The van der Waals surface area contributed by atoms with Crippen molar-refractivity contribution in [3.63, 3.8) is 0 Å². The number of carbonyl (C=O) groups excluding carboxylic acids is 1. The summed E-state index contributed by atoms with van der Waals surface area (Å²) < 4.78 is 1.58. The predicted molar refractivity (Wildman–Crippen MR) is 122 cm³/mol. The summed E-state index contributed by atoms with van der Waals surface area (Å²) in [7, 11) is 0. The molecule has 3 rings (SSSR count). The van der Waals surface area contributed by atoms with E-state index in [1.165, 1.54) is 6.07 Å². The Morgan fingerprint density at radius 1 is 1.19 bits per heavy atom. The van der Waals surface area contributed by atoms with E-state index < -0.39 is 0 Å². The summed E-state index contributed by atoms with van der Waals surface area (Å²) in [6.07, 6.45) is 0. The van der Waals surface area contributed by atoms with E-state index in [4.69, 9.17) is 16.9 Å². The maximum Gasteiger partial charge on any atom is 0.242 e. The summed E-state index contributed by atoms with van der Waals surface area (Å²) in [5.74, 6) is 0.448. The molecule has 8 N–H and O–H groups in total. The van der Waals surface area contributed by atoms with Crippen LogP contribution in [0.15, 0.2) is 48.5 Å². The predicted octanol–water partition coefficient (Wildman–Crippen LogP) is 2.26. The summed E-state index contributed by atoms with van der Waals surface area (Å²) in [5, 5.41) is 27.9. The van der Waals surface area contributed by atoms with Crippen LogP contribution in [0.5, 0.6) is 5.75 Å². The van der Waals surface area contributed by atoms with Gasteiger partial charge in [-0.3, -0.25) is 14.9 Å². The van der Waals surface area contributed by atoms with Gasteiger partial charge in [-0.2, -0.15) is 5.10 Å². The van der Waals surface area contributed by atoms with Gasteiger partial charge in [-0.1, -0.05) is 24.3 Å². The molecule has 2 aromatic carbocycles. The fourth-order valence-corrected chi connectivity index (χ4v) is 3.11. The van der Waals surface area contributed by atoms with Gasteiger partial charge in [0.1, 0.15) is 23.9 Å². The lowest BCUT2D eigenvalue weighted by Crippen LogP contribution is -2.28. The van der Waals surface area contributed by atoms with Gasteiger partial charge in [0.25, 0.3) is 0 Å². The van der Waals surface area contributed by atoms with Crippen LogP contribution in [0.3, 0.4) is 0 Å². The van der Waals surface area contributed by atoms with E-state index in [9.17, 15) is 9.90 Å². The fraction of sp³-hybridized carbons (Fsp3) is 0.227. The lowest BCUT2D eigenvalue weighted by atomic mass is 10.1. The van der Waals surface area contributed by atoms with E-state index in [1.54, 1.807) is 28.9 Å². The number of nitrogen functional groups attached to an aromatic ring is 2. The zero-order valence-electron chi connectivity index (χ0n) is 17.5. The van der Waals surface area contributed by atoms with Gasteiger partial charge >= 0.3 is 0 Å². The maximum absolute atomic E-state index is 12.6. The maximum atomic E-state index is 12.6. The van der Waals surface area contributed by atoms with Crippen LogP contribution in [0.1, 0.15) is 25.0 Å². The van der Waals surface area contributed by atoms with Gasteiger partial charge in [-0.05, 0) is 31.5 Å². The number of hydrogen-bond acceptors (Lipinski definition) is 6. The number of aromatic nitrogens is 2. The van der Waals surface area contributed by atoms with Crippen LogP contribution in [0.4, 0.5) is 11.5 Å². The van der Waals surface area contributed by atoms with Crippen molar-refractivity contribution in [1.82, 2.24) is 15.1 Å². The molecule has 0 aliphatic heterocycles. The van der Waals surface area contributed by atoms with Crippen LogP contribution in [0.2, 0.25) is 0 Å². The highest BCUT2D eigenvalue weighted by molar-refractivity contribution is 5.94. The third-order valence-corrected chi connectivity index (χ3v) is 4.50. The molecule has 0 bridgehead atoms. The molecule has 31 heavy (non-hydrogen) atoms. The van der Waals surface area contributed by atoms with Crippen LogP contribution in [-0.4, -0.2) is 32.7 Å². The van der Waals surface area contributed by atoms with Crippen molar-refractivity contribution in [3.8, 4) is 17.0 Å². The minimum atomic E-state index is -0.218. The van der Waals surface area contributed by atoms with Crippen molar-refractivity contribution in [2.45, 2.75) is 33.0 Å². The van der Waals surface area contributed by atoms with E-state index in [-0.39, 0.29) is 30.1 Å². The van der Waals surface area contributed by atoms with Crippen LogP contribution >= 0.6 is 0 Å². The molecule has 0 unspecified atom stereocenters. The number of amidine groups is 1. The Labute approximate surface area is 180 Å². The number of amides is 1. The first-order valence-electron chi connectivity index (χ1n) is 9.85. The molecule has 1 amide bonds. The molecule has 0 aliphatic carbocycles. The van der Waals surface area contributed by atoms with Gasteiger partial charge in [0, 0.05) is 41.5 Å². The number of aromatic hydroxyl groups is 1. The molecule has 0 radical (unpaired) electrons. The van der Waals surface area contributed by atoms with Crippen LogP contribution in [-0.2, 0) is 17.9 Å². The number of phenols is 1. The molecule has 1 aromatic heterocycles. The molecule has 9 nitrogen and oxygen atoms in total. The summed E-state index contributed by atoms with van der Waals surface area (Å²) in [6.45, 7) is 4.32. The SMILES string of the molecule is CC(C)Nc1cc(-c2cc(N)cc(O)c2)n(CC(=O)NCc2ccc(C(=N)N)cc2)n1. The molecule has 0 saturated heterocycles. The van der Waals surface area contributed by atoms with Crippen molar-refractivity contribution in [3.05, 3.63) is 59.7 Å². The zero-order chi connectivity index (χ0) is 22.5. The summed E-state index contributed by atoms with van der Waals surface area (Å²) in [4.78, 5) is 12.6. The van der Waals surface area contributed by atoms with Gasteiger partial charge in [0.2, 0.25) is 5.91 Å². The first-order valence-corrected chi connectivity index (χ1v) is 9.85. The second-order valence-corrected chi connectivity index (χ2v) is 7.57. The fourth-order valence-electron chi connectivity index (χ4n) is 3.11. The van der Waals surface area contributed by atoms with E-state index in [0.29, 0.717) is 34.9 Å². The highest BCUT2D eigenvalue weighted by Crippen LogP contribution is 2.28. The normalized spacial score (nSPS) is 10.8. The molecular weight excluding hydrogens is 394 g/mol. The van der Waals surface area contributed by atoms with Crippen molar-refractivity contribution in [1.29, 1.82) is 5.41 Å². The lowest BCUT2D eigenvalue weighted by Gasteiger charge is -2.10. The minimum Gasteiger partial charge on any atom is -0.508 e. The molecule has 0 saturated carbocycles. The third kappa shape index (κ3) is 5.75. The number of benzene rings is 2. The number of anilines is 2. The number of nitrogens with zero attached hydrogens (tertiary/aromatic N) is 2. The Morgan fingerprint density at radius 3 is 2.52 bits per heavy atom. The molecule has 3 aromatic rings. The summed E-state index contributed by atoms with van der Waals surface area (Å²) in [5.41, 5.74) is 14.6. The average Bonchev–Trinajstić information content (AvgIpc) is 3.07. The minimum absolute atomic E-state index is 0.000180. The summed E-state index contributed by atoms with van der Waals surface area (Å²) in [6, 6.07) is 13.9. The molecule has 0 atom stereocenters. The van der Waals surface area contributed by atoms with Crippen molar-refractivity contribution >= 4 is 23.2 Å². The molecule has 0 fully saturated rings. The molecule has 0 spiro atoms. The Hall–Kier alpha value is -4.01. The quantitative estimate of drug-likeness (QED) is 0.186. The Kier molecular flexibility index (Phi) is 6.44. The Balaban J connectivity index is 1.76. The van der Waals surface area contributed by atoms with Gasteiger partial charge in [0.05, 0.1) is 5.69 Å². The van der Waals surface area contributed by atoms with E-state index in [1.807, 2.05) is 32.0 Å². The Morgan fingerprint density at radius 2 is 1.90 bits per heavy atom. The van der Waals surface area contributed by atoms with Crippen molar-refractivity contribution in [2.24, 2.45) is 5.73 Å². The zero-order valence-corrected chi connectivity index (χ0v) is 17.5. The second-order valence-electron chi connectivity index (χ2n) is 7.57. The summed E-state index contributed by atoms with van der Waals surface area (Å²) >= 11 is 0. The lowest BCUT2D eigenvalue weighted by molar-refractivity contribution is -0.122. The van der Waals surface area contributed by atoms with Crippen molar-refractivity contribution in [2.75, 3.05) is 11.1 Å². The molecule has 0 aliphatic rings. The molecular formula is C22H27N7O2. The van der Waals surface area contributed by atoms with Gasteiger partial charge in [0.15, 0.2) is 0 Å². The smallest absolute Gasteiger partial charge is 0.242 e. The standard InChI is InChI=1S/C22H27N7O2/c1-13(2)27-20-10-19(16-7-17(23)9-18(30)8-16)29(28-20)12-21(31)26-11-14-3-5-15(6-4-14)22(24)25/h3-10,13,30H,11-12,23H2,1-2H3,(H3,24,25)(H,26,31)(H,27,28). The number of rotatable bonds is 8. The number of carbonyl (C=O) groups is 1. The topological polar surface area (TPSA) is 155 Å². The first kappa shape index (κ1) is 21.7. The highest BCUT2D eigenvalue weighted by atomic mass is 16.3. The largest absolute Gasteiger partial charge is 0.508 e. The number of nitrogens with two attached hydrogens (primary N) is 2. The van der Waals surface area contributed by atoms with E-state index in [0.717, 1.165) is 5.56 Å². The van der Waals surface area contributed by atoms with Crippen LogP contribution < -0.4 is 22.1 Å². The Bertz CT molecular complexity index is 1070. The average molecular weight is 422 g/mol. The molecule has 9 heteroatoms. The van der Waals surface area contributed by atoms with E-state index in [2.05, 4.69) is 15.7 Å². The number of hydrogen-bond donors (Lipinski definition) is 6.